The van der Waals surface area contributed by atoms with Crippen molar-refractivity contribution >= 4 is 50.3 Å². The summed E-state index contributed by atoms with van der Waals surface area (Å²) in [7, 11) is 0. The van der Waals surface area contributed by atoms with E-state index in [1.165, 1.54) is 0 Å². The summed E-state index contributed by atoms with van der Waals surface area (Å²) in [6, 6.07) is 11.4. The number of carbonyl (C=O) groups excluding carboxylic acids is 2. The van der Waals surface area contributed by atoms with E-state index in [4.69, 9.17) is 0 Å². The molecular formula is C22H23BrN2O2S. The van der Waals surface area contributed by atoms with Crippen LogP contribution in [0.4, 0.5) is 11.4 Å². The van der Waals surface area contributed by atoms with Crippen LogP contribution in [0, 0.1) is 5.41 Å². The Morgan fingerprint density at radius 3 is 2.68 bits per heavy atom. The van der Waals surface area contributed by atoms with Crippen LogP contribution >= 0.6 is 27.3 Å². The number of nitrogens with one attached hydrogen (secondary N) is 1. The van der Waals surface area contributed by atoms with Gasteiger partial charge in [-0.2, -0.15) is 0 Å². The quantitative estimate of drug-likeness (QED) is 0.594. The maximum atomic E-state index is 13.4. The van der Waals surface area contributed by atoms with Gasteiger partial charge in [0, 0.05) is 29.0 Å². The van der Waals surface area contributed by atoms with E-state index in [9.17, 15) is 9.59 Å². The van der Waals surface area contributed by atoms with Gasteiger partial charge in [0.05, 0.1) is 15.2 Å². The molecule has 2 heterocycles. The number of halogens is 1. The molecule has 1 aliphatic carbocycles. The summed E-state index contributed by atoms with van der Waals surface area (Å²) in [4.78, 5) is 29.3. The Labute approximate surface area is 177 Å². The van der Waals surface area contributed by atoms with Crippen molar-refractivity contribution in [3.8, 4) is 0 Å². The first-order chi connectivity index (χ1) is 13.3. The Hall–Kier alpha value is -1.92. The van der Waals surface area contributed by atoms with Crippen molar-refractivity contribution in [1.82, 2.24) is 0 Å². The lowest BCUT2D eigenvalue weighted by Gasteiger charge is -2.36. The molecule has 2 aliphatic rings. The van der Waals surface area contributed by atoms with Crippen molar-refractivity contribution in [3.05, 3.63) is 56.3 Å². The van der Waals surface area contributed by atoms with Gasteiger partial charge in [-0.25, -0.2) is 0 Å². The highest BCUT2D eigenvalue weighted by atomic mass is 79.9. The Balaban J connectivity index is 2.00. The van der Waals surface area contributed by atoms with Gasteiger partial charge >= 0.3 is 0 Å². The standard InChI is InChI=1S/C22H23BrN2O2S/c1-4-19(27)25-15-8-6-5-7-13(15)24-14-11-22(2,3)12-16(26)20(14)21(25)17-9-10-18(23)28-17/h5-10,21,24H,4,11-12H2,1-3H3/t21-/m0/s1. The minimum atomic E-state index is -0.404. The molecule has 0 unspecified atom stereocenters. The zero-order valence-electron chi connectivity index (χ0n) is 16.2. The normalized spacial score (nSPS) is 20.9. The Bertz CT molecular complexity index is 992. The molecule has 28 heavy (non-hydrogen) atoms. The molecule has 0 bridgehead atoms. The molecule has 0 saturated heterocycles. The second-order valence-corrected chi connectivity index (χ2v) is 10.6. The minimum Gasteiger partial charge on any atom is -0.357 e. The number of allylic oxidation sites excluding steroid dienone is 1. The highest BCUT2D eigenvalue weighted by Crippen LogP contribution is 2.49. The van der Waals surface area contributed by atoms with Crippen molar-refractivity contribution in [2.75, 3.05) is 10.2 Å². The molecule has 1 aromatic carbocycles. The third-order valence-electron chi connectivity index (χ3n) is 5.34. The van der Waals surface area contributed by atoms with Crippen LogP contribution in [0.2, 0.25) is 0 Å². The number of anilines is 2. The van der Waals surface area contributed by atoms with Gasteiger partial charge in [0.15, 0.2) is 5.78 Å². The SMILES string of the molecule is CCC(=O)N1c2ccccc2NC2=C(C(=O)CC(C)(C)C2)[C@@H]1c1ccc(Br)s1. The molecule has 6 heteroatoms. The highest BCUT2D eigenvalue weighted by molar-refractivity contribution is 9.11. The van der Waals surface area contributed by atoms with Crippen LogP contribution in [0.3, 0.4) is 0 Å². The number of ketones is 1. The molecule has 146 valence electrons. The smallest absolute Gasteiger partial charge is 0.227 e. The number of nitrogens with zero attached hydrogens (tertiary/aromatic N) is 1. The number of benzene rings is 1. The molecule has 1 N–H and O–H groups in total. The molecule has 0 radical (unpaired) electrons. The molecular weight excluding hydrogens is 436 g/mol. The minimum absolute atomic E-state index is 0.00940. The molecule has 1 atom stereocenters. The summed E-state index contributed by atoms with van der Waals surface area (Å²) >= 11 is 5.12. The summed E-state index contributed by atoms with van der Waals surface area (Å²) in [6.07, 6.45) is 1.64. The van der Waals surface area contributed by atoms with E-state index < -0.39 is 6.04 Å². The van der Waals surface area contributed by atoms with E-state index in [2.05, 4.69) is 35.1 Å². The molecule has 1 aromatic heterocycles. The van der Waals surface area contributed by atoms with Crippen LogP contribution in [-0.4, -0.2) is 11.7 Å². The van der Waals surface area contributed by atoms with Crippen LogP contribution in [0.15, 0.2) is 51.5 Å². The number of thiophene rings is 1. The Kier molecular flexibility index (Phi) is 4.96. The Morgan fingerprint density at radius 2 is 2.00 bits per heavy atom. The number of rotatable bonds is 2. The van der Waals surface area contributed by atoms with Crippen LogP contribution in [-0.2, 0) is 9.59 Å². The number of hydrogen-bond donors (Lipinski definition) is 1. The fourth-order valence-electron chi connectivity index (χ4n) is 4.18. The number of amides is 1. The van der Waals surface area contributed by atoms with E-state index in [0.717, 1.165) is 37.7 Å². The van der Waals surface area contributed by atoms with Crippen molar-refractivity contribution in [1.29, 1.82) is 0 Å². The lowest BCUT2D eigenvalue weighted by molar-refractivity contribution is -0.119. The van der Waals surface area contributed by atoms with Gasteiger partial charge < -0.3 is 5.32 Å². The molecule has 0 fully saturated rings. The molecule has 4 nitrogen and oxygen atoms in total. The van der Waals surface area contributed by atoms with Crippen molar-refractivity contribution in [3.63, 3.8) is 0 Å². The second-order valence-electron chi connectivity index (χ2n) is 8.14. The summed E-state index contributed by atoms with van der Waals surface area (Å²) in [5, 5.41) is 3.52. The van der Waals surface area contributed by atoms with E-state index in [-0.39, 0.29) is 17.1 Å². The first kappa shape index (κ1) is 19.4. The van der Waals surface area contributed by atoms with Crippen LogP contribution in [0.1, 0.15) is 51.0 Å². The lowest BCUT2D eigenvalue weighted by atomic mass is 9.74. The van der Waals surface area contributed by atoms with Gasteiger partial charge in [0.2, 0.25) is 5.91 Å². The maximum Gasteiger partial charge on any atom is 0.227 e. The monoisotopic (exact) mass is 458 g/mol. The predicted molar refractivity (Wildman–Crippen MR) is 118 cm³/mol. The zero-order chi connectivity index (χ0) is 20.1. The van der Waals surface area contributed by atoms with Crippen molar-refractivity contribution < 1.29 is 9.59 Å². The van der Waals surface area contributed by atoms with Gasteiger partial charge in [0.25, 0.3) is 0 Å². The average molecular weight is 459 g/mol. The topological polar surface area (TPSA) is 49.4 Å². The van der Waals surface area contributed by atoms with Crippen LogP contribution in [0.5, 0.6) is 0 Å². The number of Topliss-reactive ketones (excluding diaryl/α,β-unsaturated/α-hetero) is 1. The van der Waals surface area contributed by atoms with Crippen molar-refractivity contribution in [2.24, 2.45) is 5.41 Å². The van der Waals surface area contributed by atoms with E-state index in [1.807, 2.05) is 48.2 Å². The first-order valence-corrected chi connectivity index (χ1v) is 11.1. The molecule has 1 amide bonds. The van der Waals surface area contributed by atoms with Gasteiger partial charge in [-0.15, -0.1) is 11.3 Å². The lowest BCUT2D eigenvalue weighted by Crippen LogP contribution is -2.38. The largest absolute Gasteiger partial charge is 0.357 e. The highest BCUT2D eigenvalue weighted by Gasteiger charge is 2.43. The number of fused-ring (bicyclic) bond motifs is 1. The van der Waals surface area contributed by atoms with E-state index in [1.54, 1.807) is 11.3 Å². The molecule has 2 aromatic rings. The summed E-state index contributed by atoms with van der Waals surface area (Å²) in [5.74, 6) is 0.130. The summed E-state index contributed by atoms with van der Waals surface area (Å²) in [5.41, 5.74) is 3.26. The number of hydrogen-bond acceptors (Lipinski definition) is 4. The van der Waals surface area contributed by atoms with Gasteiger partial charge in [-0.1, -0.05) is 32.9 Å². The predicted octanol–water partition coefficient (Wildman–Crippen LogP) is 6.06. The third kappa shape index (κ3) is 3.33. The number of carbonyl (C=O) groups is 2. The first-order valence-electron chi connectivity index (χ1n) is 9.50. The second kappa shape index (κ2) is 7.16. The fourth-order valence-corrected chi connectivity index (χ4v) is 5.70. The maximum absolute atomic E-state index is 13.4. The fraction of sp³-hybridized carbons (Fsp3) is 0.364. The molecule has 0 saturated carbocycles. The van der Waals surface area contributed by atoms with Crippen molar-refractivity contribution in [2.45, 2.75) is 46.1 Å². The third-order valence-corrected chi connectivity index (χ3v) is 7.01. The molecule has 4 rings (SSSR count). The van der Waals surface area contributed by atoms with E-state index >= 15 is 0 Å². The van der Waals surface area contributed by atoms with Gasteiger partial charge in [-0.05, 0) is 52.0 Å². The number of para-hydroxylation sites is 2. The van der Waals surface area contributed by atoms with Crippen LogP contribution in [0.25, 0.3) is 0 Å². The van der Waals surface area contributed by atoms with E-state index in [0.29, 0.717) is 12.8 Å². The average Bonchev–Trinajstić information content (AvgIpc) is 2.99. The molecule has 0 spiro atoms. The van der Waals surface area contributed by atoms with Gasteiger partial charge in [-0.3, -0.25) is 14.5 Å². The van der Waals surface area contributed by atoms with Gasteiger partial charge in [0.1, 0.15) is 6.04 Å². The summed E-state index contributed by atoms with van der Waals surface area (Å²) < 4.78 is 0.989. The van der Waals surface area contributed by atoms with Crippen LogP contribution < -0.4 is 10.2 Å². The summed E-state index contributed by atoms with van der Waals surface area (Å²) in [6.45, 7) is 6.11. The Morgan fingerprint density at radius 1 is 1.25 bits per heavy atom. The molecule has 1 aliphatic heterocycles. The zero-order valence-corrected chi connectivity index (χ0v) is 18.6.